The van der Waals surface area contributed by atoms with Crippen LogP contribution in [0.15, 0.2) is 45.6 Å². The van der Waals surface area contributed by atoms with Gasteiger partial charge in [-0.15, -0.1) is 11.3 Å². The average Bonchev–Trinajstić information content (AvgIpc) is 3.20. The lowest BCUT2D eigenvalue weighted by Gasteiger charge is -2.18. The molecule has 0 aliphatic carbocycles. The van der Waals surface area contributed by atoms with Gasteiger partial charge in [0.2, 0.25) is 5.43 Å². The van der Waals surface area contributed by atoms with Crippen LogP contribution in [0.2, 0.25) is 0 Å². The minimum Gasteiger partial charge on any atom is -0.478 e. The van der Waals surface area contributed by atoms with E-state index in [1.165, 1.54) is 11.3 Å². The molecule has 7 heteroatoms. The van der Waals surface area contributed by atoms with E-state index in [0.29, 0.717) is 52.5 Å². The van der Waals surface area contributed by atoms with Crippen molar-refractivity contribution in [3.63, 3.8) is 0 Å². The number of aryl methyl sites for hydroxylation is 2. The topological polar surface area (TPSA) is 78.6 Å². The van der Waals surface area contributed by atoms with Crippen LogP contribution in [0.25, 0.3) is 31.8 Å². The van der Waals surface area contributed by atoms with Crippen molar-refractivity contribution in [1.29, 1.82) is 0 Å². The predicted octanol–water partition coefficient (Wildman–Crippen LogP) is 5.66. The van der Waals surface area contributed by atoms with Gasteiger partial charge in [0.15, 0.2) is 6.10 Å². The van der Waals surface area contributed by atoms with Gasteiger partial charge in [0, 0.05) is 6.07 Å². The largest absolute Gasteiger partial charge is 0.478 e. The zero-order chi connectivity index (χ0) is 22.8. The summed E-state index contributed by atoms with van der Waals surface area (Å²) >= 11 is 1.47. The molecule has 166 valence electrons. The van der Waals surface area contributed by atoms with Crippen LogP contribution in [0.4, 0.5) is 0 Å². The molecule has 2 aromatic heterocycles. The first-order valence-electron chi connectivity index (χ1n) is 10.8. The molecule has 32 heavy (non-hydrogen) atoms. The lowest BCUT2D eigenvalue weighted by atomic mass is 10.1. The van der Waals surface area contributed by atoms with Crippen LogP contribution in [-0.4, -0.2) is 23.7 Å². The van der Waals surface area contributed by atoms with Crippen LogP contribution in [0.1, 0.15) is 38.5 Å². The average molecular weight is 452 g/mol. The molecule has 0 aliphatic heterocycles. The van der Waals surface area contributed by atoms with Crippen LogP contribution in [0.5, 0.6) is 5.75 Å². The van der Waals surface area contributed by atoms with Gasteiger partial charge >= 0.3 is 5.97 Å². The Morgan fingerprint density at radius 2 is 1.97 bits per heavy atom. The highest BCUT2D eigenvalue weighted by Gasteiger charge is 2.23. The minimum absolute atomic E-state index is 0.124. The van der Waals surface area contributed by atoms with Crippen LogP contribution in [0, 0.1) is 6.92 Å². The molecule has 1 unspecified atom stereocenters. The molecule has 4 aromatic rings. The first-order valence-corrected chi connectivity index (χ1v) is 11.6. The number of aromatic nitrogens is 1. The molecule has 0 radical (unpaired) electrons. The third kappa shape index (κ3) is 4.00. The second kappa shape index (κ2) is 9.12. The molecule has 0 saturated heterocycles. The summed E-state index contributed by atoms with van der Waals surface area (Å²) < 4.78 is 18.2. The fraction of sp³-hybridized carbons (Fsp3) is 0.320. The molecule has 2 heterocycles. The van der Waals surface area contributed by atoms with E-state index < -0.39 is 12.1 Å². The van der Waals surface area contributed by atoms with Crippen molar-refractivity contribution >= 4 is 38.5 Å². The molecule has 2 aromatic carbocycles. The third-order valence-corrected chi connectivity index (χ3v) is 6.38. The van der Waals surface area contributed by atoms with E-state index in [-0.39, 0.29) is 5.43 Å². The third-order valence-electron chi connectivity index (χ3n) is 5.33. The number of para-hydroxylation sites is 1. The molecule has 0 fully saturated rings. The maximum Gasteiger partial charge on any atom is 0.347 e. The number of ether oxygens (including phenoxy) is 2. The van der Waals surface area contributed by atoms with Crippen LogP contribution in [-0.2, 0) is 16.0 Å². The standard InChI is InChI=1S/C25H25NO5S/c1-5-15-12-16-20(13-19(15)31-18(6-2)25(28)29-7-3)30-14(4)22(23(16)27)24-26-17-10-8-9-11-21(17)32-24/h8-13,18H,5-7H2,1-4H3. The molecule has 0 amide bonds. The molecule has 6 nitrogen and oxygen atoms in total. The molecule has 0 bridgehead atoms. The first kappa shape index (κ1) is 22.0. The summed E-state index contributed by atoms with van der Waals surface area (Å²) in [6, 6.07) is 11.3. The van der Waals surface area contributed by atoms with Crippen LogP contribution >= 0.6 is 11.3 Å². The first-order chi connectivity index (χ1) is 15.5. The quantitative estimate of drug-likeness (QED) is 0.337. The van der Waals surface area contributed by atoms with Crippen LogP contribution in [0.3, 0.4) is 0 Å². The van der Waals surface area contributed by atoms with E-state index in [0.717, 1.165) is 15.8 Å². The predicted molar refractivity (Wildman–Crippen MR) is 127 cm³/mol. The summed E-state index contributed by atoms with van der Waals surface area (Å²) in [5.74, 6) is 0.616. The van der Waals surface area contributed by atoms with Gasteiger partial charge in [-0.05, 0) is 50.5 Å². The van der Waals surface area contributed by atoms with Crippen LogP contribution < -0.4 is 10.2 Å². The monoisotopic (exact) mass is 451 g/mol. The number of fused-ring (bicyclic) bond motifs is 2. The van der Waals surface area contributed by atoms with Gasteiger partial charge < -0.3 is 13.9 Å². The van der Waals surface area contributed by atoms with E-state index in [4.69, 9.17) is 13.9 Å². The van der Waals surface area contributed by atoms with Gasteiger partial charge in [0.05, 0.1) is 27.8 Å². The molecular weight excluding hydrogens is 426 g/mol. The molecule has 1 atom stereocenters. The summed E-state index contributed by atoms with van der Waals surface area (Å²) in [6.07, 6.45) is 0.390. The van der Waals surface area contributed by atoms with Gasteiger partial charge in [0.1, 0.15) is 22.1 Å². The van der Waals surface area contributed by atoms with Crippen molar-refractivity contribution in [3.05, 3.63) is 57.9 Å². The molecule has 4 rings (SSSR count). The van der Waals surface area contributed by atoms with Gasteiger partial charge in [0.25, 0.3) is 0 Å². The number of rotatable bonds is 7. The summed E-state index contributed by atoms with van der Waals surface area (Å²) in [5, 5.41) is 1.12. The highest BCUT2D eigenvalue weighted by molar-refractivity contribution is 7.21. The Kier molecular flexibility index (Phi) is 6.28. The number of carbonyl (C=O) groups excluding carboxylic acids is 1. The molecular formula is C25H25NO5S. The number of thiazole rings is 1. The minimum atomic E-state index is -0.715. The maximum absolute atomic E-state index is 13.5. The summed E-state index contributed by atoms with van der Waals surface area (Å²) in [5.41, 5.74) is 2.46. The van der Waals surface area contributed by atoms with Gasteiger partial charge in [-0.1, -0.05) is 26.0 Å². The van der Waals surface area contributed by atoms with Crippen molar-refractivity contribution in [2.24, 2.45) is 0 Å². The van der Waals surface area contributed by atoms with Gasteiger partial charge in [-0.25, -0.2) is 9.78 Å². The fourth-order valence-corrected chi connectivity index (χ4v) is 4.73. The second-order valence-electron chi connectivity index (χ2n) is 7.43. The maximum atomic E-state index is 13.5. The van der Waals surface area contributed by atoms with Crippen molar-refractivity contribution in [1.82, 2.24) is 4.98 Å². The Bertz CT molecular complexity index is 1320. The van der Waals surface area contributed by atoms with Gasteiger partial charge in [-0.3, -0.25) is 4.79 Å². The second-order valence-corrected chi connectivity index (χ2v) is 8.46. The summed E-state index contributed by atoms with van der Waals surface area (Å²) in [7, 11) is 0. The van der Waals surface area contributed by atoms with Gasteiger partial charge in [-0.2, -0.15) is 0 Å². The zero-order valence-corrected chi connectivity index (χ0v) is 19.4. The number of nitrogens with zero attached hydrogens (tertiary/aromatic N) is 1. The smallest absolute Gasteiger partial charge is 0.347 e. The number of esters is 1. The van der Waals surface area contributed by atoms with E-state index in [2.05, 4.69) is 4.98 Å². The Hall–Kier alpha value is -3.19. The SMILES string of the molecule is CCOC(=O)C(CC)Oc1cc2oc(C)c(-c3nc4ccccc4s3)c(=O)c2cc1CC. The number of benzene rings is 2. The van der Waals surface area contributed by atoms with Crippen molar-refractivity contribution in [2.75, 3.05) is 6.61 Å². The van der Waals surface area contributed by atoms with Crippen molar-refractivity contribution in [3.8, 4) is 16.3 Å². The summed E-state index contributed by atoms with van der Waals surface area (Å²) in [6.45, 7) is 7.66. The highest BCUT2D eigenvalue weighted by Crippen LogP contribution is 2.33. The Balaban J connectivity index is 1.82. The van der Waals surface area contributed by atoms with E-state index in [1.807, 2.05) is 38.1 Å². The number of hydrogen-bond acceptors (Lipinski definition) is 7. The molecule has 0 N–H and O–H groups in total. The van der Waals surface area contributed by atoms with Crippen molar-refractivity contribution < 1.29 is 18.7 Å². The number of carbonyl (C=O) groups is 1. The lowest BCUT2D eigenvalue weighted by Crippen LogP contribution is -2.29. The Labute approximate surface area is 189 Å². The van der Waals surface area contributed by atoms with E-state index >= 15 is 0 Å². The fourth-order valence-electron chi connectivity index (χ4n) is 3.68. The Morgan fingerprint density at radius 1 is 1.19 bits per heavy atom. The highest BCUT2D eigenvalue weighted by atomic mass is 32.1. The Morgan fingerprint density at radius 3 is 2.66 bits per heavy atom. The zero-order valence-electron chi connectivity index (χ0n) is 18.6. The molecule has 0 aliphatic rings. The van der Waals surface area contributed by atoms with Crippen molar-refractivity contribution in [2.45, 2.75) is 46.6 Å². The normalized spacial score (nSPS) is 12.2. The molecule has 0 saturated carbocycles. The van der Waals surface area contributed by atoms with E-state index in [9.17, 15) is 9.59 Å². The number of hydrogen-bond donors (Lipinski definition) is 0. The van der Waals surface area contributed by atoms with E-state index in [1.54, 1.807) is 26.0 Å². The summed E-state index contributed by atoms with van der Waals surface area (Å²) in [4.78, 5) is 30.3. The lowest BCUT2D eigenvalue weighted by molar-refractivity contribution is -0.151. The molecule has 0 spiro atoms.